The van der Waals surface area contributed by atoms with Gasteiger partial charge in [-0.15, -0.1) is 12.4 Å². The molecule has 2 rings (SSSR count). The summed E-state index contributed by atoms with van der Waals surface area (Å²) in [5.74, 6) is 2.02. The molecule has 2 unspecified atom stereocenters. The van der Waals surface area contributed by atoms with E-state index in [1.54, 1.807) is 0 Å². The second-order valence-corrected chi connectivity index (χ2v) is 3.24. The molecule has 2 nitrogen and oxygen atoms in total. The minimum absolute atomic E-state index is 0. The summed E-state index contributed by atoms with van der Waals surface area (Å²) in [5, 5.41) is 8.59. The molecule has 2 aliphatic rings. The van der Waals surface area contributed by atoms with E-state index in [-0.39, 0.29) is 12.4 Å². The molecule has 2 fully saturated rings. The van der Waals surface area contributed by atoms with E-state index < -0.39 is 0 Å². The number of β-amino-alcohol motifs (C(OH)–C–C–N with tert-alkyl or cyclic N) is 1. The first-order valence-electron chi connectivity index (χ1n) is 3.73. The van der Waals surface area contributed by atoms with Crippen LogP contribution in [0.4, 0.5) is 0 Å². The topological polar surface area (TPSA) is 23.5 Å². The lowest BCUT2D eigenvalue weighted by molar-refractivity contribution is 0.209. The van der Waals surface area contributed by atoms with Gasteiger partial charge < -0.3 is 10.0 Å². The summed E-state index contributed by atoms with van der Waals surface area (Å²) in [6, 6.07) is 0. The highest BCUT2D eigenvalue weighted by atomic mass is 35.5. The molecule has 0 amide bonds. The number of piperidine rings is 1. The largest absolute Gasteiger partial charge is 0.395 e. The number of halogens is 1. The van der Waals surface area contributed by atoms with Crippen molar-refractivity contribution in [2.24, 2.45) is 11.8 Å². The molecule has 2 atom stereocenters. The number of rotatable bonds is 2. The Hall–Kier alpha value is 0.210. The van der Waals surface area contributed by atoms with E-state index in [4.69, 9.17) is 5.11 Å². The van der Waals surface area contributed by atoms with Crippen LogP contribution in [0.2, 0.25) is 0 Å². The van der Waals surface area contributed by atoms with E-state index in [1.807, 2.05) is 0 Å². The highest BCUT2D eigenvalue weighted by molar-refractivity contribution is 5.85. The molecule has 3 heteroatoms. The molecule has 0 aromatic rings. The summed E-state index contributed by atoms with van der Waals surface area (Å²) in [6.45, 7) is 3.74. The second kappa shape index (κ2) is 3.07. The van der Waals surface area contributed by atoms with E-state index >= 15 is 0 Å². The Labute approximate surface area is 67.6 Å². The monoisotopic (exact) mass is 163 g/mol. The average Bonchev–Trinajstić information content (AvgIpc) is 2.42. The lowest BCUT2D eigenvalue weighted by atomic mass is 10.4. The summed E-state index contributed by atoms with van der Waals surface area (Å²) in [6.07, 6.45) is 1.46. The molecule has 0 bridgehead atoms. The highest BCUT2D eigenvalue weighted by Gasteiger charge is 2.44. The van der Waals surface area contributed by atoms with Crippen molar-refractivity contribution >= 4 is 12.4 Å². The van der Waals surface area contributed by atoms with Crippen molar-refractivity contribution in [3.05, 3.63) is 0 Å². The maximum atomic E-state index is 8.59. The summed E-state index contributed by atoms with van der Waals surface area (Å²) in [4.78, 5) is 2.36. The third-order valence-electron chi connectivity index (χ3n) is 2.47. The van der Waals surface area contributed by atoms with E-state index in [9.17, 15) is 0 Å². The normalized spacial score (nSPS) is 36.9. The molecule has 60 valence electrons. The molecule has 1 heterocycles. The van der Waals surface area contributed by atoms with Gasteiger partial charge in [0.05, 0.1) is 6.61 Å². The van der Waals surface area contributed by atoms with Crippen LogP contribution >= 0.6 is 12.4 Å². The van der Waals surface area contributed by atoms with Gasteiger partial charge in [-0.2, -0.15) is 0 Å². The zero-order chi connectivity index (χ0) is 6.27. The Morgan fingerprint density at radius 3 is 2.40 bits per heavy atom. The molecule has 0 spiro atoms. The number of aliphatic hydroxyl groups is 1. The number of hydrogen-bond acceptors (Lipinski definition) is 2. The molecule has 1 N–H and O–H groups in total. The van der Waals surface area contributed by atoms with E-state index in [2.05, 4.69) is 4.90 Å². The van der Waals surface area contributed by atoms with Gasteiger partial charge in [0.25, 0.3) is 0 Å². The quantitative estimate of drug-likeness (QED) is 0.635. The molecule has 10 heavy (non-hydrogen) atoms. The van der Waals surface area contributed by atoms with Crippen LogP contribution in [0.1, 0.15) is 6.42 Å². The Kier molecular flexibility index (Phi) is 2.55. The predicted molar refractivity (Wildman–Crippen MR) is 42.4 cm³/mol. The molecule has 0 aromatic heterocycles. The summed E-state index contributed by atoms with van der Waals surface area (Å²) in [7, 11) is 0. The maximum absolute atomic E-state index is 8.59. The molecule has 0 aromatic carbocycles. The molecule has 1 aliphatic heterocycles. The van der Waals surface area contributed by atoms with Crippen LogP contribution in [0.25, 0.3) is 0 Å². The van der Waals surface area contributed by atoms with Crippen LogP contribution in [0.3, 0.4) is 0 Å². The smallest absolute Gasteiger partial charge is 0.0558 e. The fourth-order valence-corrected chi connectivity index (χ4v) is 1.82. The fourth-order valence-electron chi connectivity index (χ4n) is 1.82. The van der Waals surface area contributed by atoms with Crippen molar-refractivity contribution in [2.75, 3.05) is 26.2 Å². The minimum Gasteiger partial charge on any atom is -0.395 e. The minimum atomic E-state index is 0. The number of likely N-dealkylation sites (tertiary alicyclic amines) is 1. The van der Waals surface area contributed by atoms with E-state index in [0.717, 1.165) is 18.4 Å². The first-order valence-corrected chi connectivity index (χ1v) is 3.73. The highest BCUT2D eigenvalue weighted by Crippen LogP contribution is 2.44. The maximum Gasteiger partial charge on any atom is 0.0558 e. The molecular formula is C7H14ClNO. The second-order valence-electron chi connectivity index (χ2n) is 3.24. The zero-order valence-corrected chi connectivity index (χ0v) is 6.81. The lowest BCUT2D eigenvalue weighted by Crippen LogP contribution is -2.25. The van der Waals surface area contributed by atoms with Gasteiger partial charge in [0.15, 0.2) is 0 Å². The molecule has 0 radical (unpaired) electrons. The van der Waals surface area contributed by atoms with Crippen LogP contribution in [-0.2, 0) is 0 Å². The van der Waals surface area contributed by atoms with Crippen molar-refractivity contribution in [1.29, 1.82) is 0 Å². The first-order chi connectivity index (χ1) is 4.40. The van der Waals surface area contributed by atoms with Crippen LogP contribution in [-0.4, -0.2) is 36.2 Å². The summed E-state index contributed by atoms with van der Waals surface area (Å²) < 4.78 is 0. The van der Waals surface area contributed by atoms with E-state index in [0.29, 0.717) is 6.61 Å². The predicted octanol–water partition coefficient (Wildman–Crippen LogP) is 0.352. The van der Waals surface area contributed by atoms with Gasteiger partial charge in [-0.3, -0.25) is 0 Å². The van der Waals surface area contributed by atoms with Crippen molar-refractivity contribution in [3.63, 3.8) is 0 Å². The van der Waals surface area contributed by atoms with Gasteiger partial charge >= 0.3 is 0 Å². The van der Waals surface area contributed by atoms with Crippen LogP contribution in [0.5, 0.6) is 0 Å². The first kappa shape index (κ1) is 8.31. The number of nitrogens with zero attached hydrogens (tertiary/aromatic N) is 1. The third kappa shape index (κ3) is 1.44. The van der Waals surface area contributed by atoms with Crippen LogP contribution in [0, 0.1) is 11.8 Å². The average molecular weight is 164 g/mol. The number of hydrogen-bond donors (Lipinski definition) is 1. The lowest BCUT2D eigenvalue weighted by Gasteiger charge is -2.14. The third-order valence-corrected chi connectivity index (χ3v) is 2.47. The number of fused-ring (bicyclic) bond motifs is 1. The Morgan fingerprint density at radius 1 is 1.30 bits per heavy atom. The van der Waals surface area contributed by atoms with Gasteiger partial charge in [0.2, 0.25) is 0 Å². The van der Waals surface area contributed by atoms with E-state index in [1.165, 1.54) is 19.5 Å². The van der Waals surface area contributed by atoms with Gasteiger partial charge in [-0.1, -0.05) is 0 Å². The Bertz CT molecular complexity index is 110. The molecular weight excluding hydrogens is 150 g/mol. The Morgan fingerprint density at radius 2 is 1.90 bits per heavy atom. The summed E-state index contributed by atoms with van der Waals surface area (Å²) >= 11 is 0. The van der Waals surface area contributed by atoms with Gasteiger partial charge in [0, 0.05) is 19.6 Å². The van der Waals surface area contributed by atoms with Gasteiger partial charge in [0.1, 0.15) is 0 Å². The van der Waals surface area contributed by atoms with Crippen molar-refractivity contribution in [2.45, 2.75) is 6.42 Å². The zero-order valence-electron chi connectivity index (χ0n) is 5.99. The molecule has 1 saturated carbocycles. The van der Waals surface area contributed by atoms with Crippen LogP contribution < -0.4 is 0 Å². The molecule has 1 aliphatic carbocycles. The van der Waals surface area contributed by atoms with Crippen molar-refractivity contribution < 1.29 is 5.11 Å². The number of aliphatic hydroxyl groups excluding tert-OH is 1. The van der Waals surface area contributed by atoms with Crippen molar-refractivity contribution in [3.8, 4) is 0 Å². The van der Waals surface area contributed by atoms with Crippen LogP contribution in [0.15, 0.2) is 0 Å². The van der Waals surface area contributed by atoms with Crippen molar-refractivity contribution in [1.82, 2.24) is 4.90 Å². The SMILES string of the molecule is Cl.OCCN1CC2CC2C1. The fraction of sp³-hybridized carbons (Fsp3) is 1.00. The summed E-state index contributed by atoms with van der Waals surface area (Å²) in [5.41, 5.74) is 0. The van der Waals surface area contributed by atoms with Gasteiger partial charge in [-0.05, 0) is 18.3 Å². The molecule has 1 saturated heterocycles. The Balaban J connectivity index is 0.000000500. The van der Waals surface area contributed by atoms with Gasteiger partial charge in [-0.25, -0.2) is 0 Å². The standard InChI is InChI=1S/C7H13NO.ClH/c9-2-1-8-4-6-3-7(6)5-8;/h6-7,9H,1-5H2;1H.